The van der Waals surface area contributed by atoms with Gasteiger partial charge in [0.25, 0.3) is 5.91 Å². The highest BCUT2D eigenvalue weighted by Gasteiger charge is 2.24. The van der Waals surface area contributed by atoms with Gasteiger partial charge in [-0.05, 0) is 19.1 Å². The zero-order valence-electron chi connectivity index (χ0n) is 15.3. The number of hydrogen-bond acceptors (Lipinski definition) is 6. The van der Waals surface area contributed by atoms with E-state index >= 15 is 0 Å². The minimum absolute atomic E-state index is 0.00879. The van der Waals surface area contributed by atoms with E-state index in [-0.39, 0.29) is 24.1 Å². The molecule has 1 aromatic heterocycles. The summed E-state index contributed by atoms with van der Waals surface area (Å²) in [5.74, 6) is -0.990. The maximum absolute atomic E-state index is 12.3. The predicted octanol–water partition coefficient (Wildman–Crippen LogP) is 0.423. The van der Waals surface area contributed by atoms with E-state index in [2.05, 4.69) is 10.2 Å². The van der Waals surface area contributed by atoms with Crippen LogP contribution in [0.25, 0.3) is 5.69 Å². The second-order valence-electron chi connectivity index (χ2n) is 6.22. The number of hydrogen-bond donors (Lipinski definition) is 0. The van der Waals surface area contributed by atoms with Crippen molar-refractivity contribution in [2.24, 2.45) is 0 Å². The number of esters is 1. The summed E-state index contributed by atoms with van der Waals surface area (Å²) in [5, 5.41) is 8.38. The molecule has 0 saturated carbocycles. The third-order valence-electron chi connectivity index (χ3n) is 4.37. The van der Waals surface area contributed by atoms with Gasteiger partial charge in [-0.1, -0.05) is 18.2 Å². The normalized spacial score (nSPS) is 14.1. The lowest BCUT2D eigenvalue weighted by Gasteiger charge is -2.34. The summed E-state index contributed by atoms with van der Waals surface area (Å²) < 4.78 is 5.12. The lowest BCUT2D eigenvalue weighted by molar-refractivity contribution is -0.140. The van der Waals surface area contributed by atoms with Gasteiger partial charge in [0.1, 0.15) is 0 Å². The third-order valence-corrected chi connectivity index (χ3v) is 4.37. The van der Waals surface area contributed by atoms with Gasteiger partial charge in [-0.15, -0.1) is 5.10 Å². The SMILES string of the molecule is CC(=O)N1CCN(C(=O)COC(=O)c2nn(-c3ccccc3)nc2C)CC1. The Bertz CT molecular complexity index is 841. The summed E-state index contributed by atoms with van der Waals surface area (Å²) in [6, 6.07) is 9.20. The Morgan fingerprint density at radius 3 is 2.26 bits per heavy atom. The van der Waals surface area contributed by atoms with E-state index < -0.39 is 5.97 Å². The monoisotopic (exact) mass is 371 g/mol. The maximum Gasteiger partial charge on any atom is 0.361 e. The Morgan fingerprint density at radius 2 is 1.63 bits per heavy atom. The van der Waals surface area contributed by atoms with Gasteiger partial charge >= 0.3 is 5.97 Å². The van der Waals surface area contributed by atoms with Crippen molar-refractivity contribution < 1.29 is 19.1 Å². The molecule has 1 saturated heterocycles. The van der Waals surface area contributed by atoms with Crippen molar-refractivity contribution >= 4 is 17.8 Å². The van der Waals surface area contributed by atoms with Crippen LogP contribution in [0.3, 0.4) is 0 Å². The van der Waals surface area contributed by atoms with Crippen LogP contribution in [-0.4, -0.2) is 75.4 Å². The first kappa shape index (κ1) is 18.6. The van der Waals surface area contributed by atoms with Gasteiger partial charge in [-0.3, -0.25) is 9.59 Å². The third kappa shape index (κ3) is 4.30. The van der Waals surface area contributed by atoms with E-state index in [9.17, 15) is 14.4 Å². The molecule has 1 aromatic carbocycles. The maximum atomic E-state index is 12.3. The molecule has 1 aliphatic rings. The fraction of sp³-hybridized carbons (Fsp3) is 0.389. The van der Waals surface area contributed by atoms with Crippen molar-refractivity contribution in [2.45, 2.75) is 13.8 Å². The van der Waals surface area contributed by atoms with E-state index in [1.807, 2.05) is 30.3 Å². The van der Waals surface area contributed by atoms with E-state index in [1.165, 1.54) is 11.7 Å². The molecule has 0 atom stereocenters. The summed E-state index contributed by atoms with van der Waals surface area (Å²) in [7, 11) is 0. The highest BCUT2D eigenvalue weighted by molar-refractivity contribution is 5.90. The first-order chi connectivity index (χ1) is 13.0. The number of carbonyl (C=O) groups excluding carboxylic acids is 3. The van der Waals surface area contributed by atoms with Crippen LogP contribution in [0.2, 0.25) is 0 Å². The summed E-state index contributed by atoms with van der Waals surface area (Å²) in [5.41, 5.74) is 1.22. The van der Waals surface area contributed by atoms with Gasteiger partial charge < -0.3 is 14.5 Å². The molecule has 0 radical (unpaired) electrons. The summed E-state index contributed by atoms with van der Waals surface area (Å²) in [4.78, 5) is 40.4. The number of para-hydroxylation sites is 1. The largest absolute Gasteiger partial charge is 0.451 e. The van der Waals surface area contributed by atoms with E-state index in [1.54, 1.807) is 16.7 Å². The van der Waals surface area contributed by atoms with Crippen LogP contribution in [0.1, 0.15) is 23.1 Å². The lowest BCUT2D eigenvalue weighted by atomic mass is 10.3. The van der Waals surface area contributed by atoms with Crippen molar-refractivity contribution in [3.05, 3.63) is 41.7 Å². The summed E-state index contributed by atoms with van der Waals surface area (Å²) >= 11 is 0. The van der Waals surface area contributed by atoms with Gasteiger partial charge in [0.15, 0.2) is 12.3 Å². The highest BCUT2D eigenvalue weighted by atomic mass is 16.5. The van der Waals surface area contributed by atoms with Crippen molar-refractivity contribution in [2.75, 3.05) is 32.8 Å². The van der Waals surface area contributed by atoms with Crippen molar-refractivity contribution in [3.8, 4) is 5.69 Å². The van der Waals surface area contributed by atoms with Gasteiger partial charge in [-0.25, -0.2) is 4.79 Å². The molecule has 1 fully saturated rings. The number of nitrogens with zero attached hydrogens (tertiary/aromatic N) is 5. The molecule has 2 amide bonds. The summed E-state index contributed by atoms with van der Waals surface area (Å²) in [6.45, 7) is 4.63. The van der Waals surface area contributed by atoms with Crippen LogP contribution in [0.5, 0.6) is 0 Å². The molecular formula is C18H21N5O4. The van der Waals surface area contributed by atoms with Crippen molar-refractivity contribution in [1.82, 2.24) is 24.8 Å². The molecule has 1 aliphatic heterocycles. The molecule has 2 heterocycles. The Labute approximate surface area is 156 Å². The second kappa shape index (κ2) is 7.98. The van der Waals surface area contributed by atoms with Gasteiger partial charge in [0.05, 0.1) is 11.4 Å². The smallest absolute Gasteiger partial charge is 0.361 e. The number of ether oxygens (including phenoxy) is 1. The Balaban J connectivity index is 1.56. The molecule has 9 heteroatoms. The molecule has 3 rings (SSSR count). The predicted molar refractivity (Wildman–Crippen MR) is 95.2 cm³/mol. The van der Waals surface area contributed by atoms with E-state index in [4.69, 9.17) is 4.74 Å². The lowest BCUT2D eigenvalue weighted by Crippen LogP contribution is -2.51. The second-order valence-corrected chi connectivity index (χ2v) is 6.22. The number of carbonyl (C=O) groups is 3. The van der Waals surface area contributed by atoms with Gasteiger partial charge in [0, 0.05) is 33.1 Å². The van der Waals surface area contributed by atoms with Gasteiger partial charge in [-0.2, -0.15) is 9.90 Å². The first-order valence-corrected chi connectivity index (χ1v) is 8.65. The molecule has 0 unspecified atom stereocenters. The molecular weight excluding hydrogens is 350 g/mol. The molecule has 9 nitrogen and oxygen atoms in total. The van der Waals surface area contributed by atoms with Crippen LogP contribution in [0, 0.1) is 6.92 Å². The van der Waals surface area contributed by atoms with Crippen LogP contribution in [-0.2, 0) is 14.3 Å². The fourth-order valence-electron chi connectivity index (χ4n) is 2.80. The average Bonchev–Trinajstić information content (AvgIpc) is 3.08. The fourth-order valence-corrected chi connectivity index (χ4v) is 2.80. The standard InChI is InChI=1S/C18H21N5O4/c1-13-17(20-23(19-13)15-6-4-3-5-7-15)18(26)27-12-16(25)22-10-8-21(9-11-22)14(2)24/h3-7H,8-12H2,1-2H3. The van der Waals surface area contributed by atoms with Crippen molar-refractivity contribution in [1.29, 1.82) is 0 Å². The Hall–Kier alpha value is -3.23. The molecule has 0 N–H and O–H groups in total. The zero-order valence-corrected chi connectivity index (χ0v) is 15.3. The Kier molecular flexibility index (Phi) is 5.49. The highest BCUT2D eigenvalue weighted by Crippen LogP contribution is 2.10. The molecule has 2 aromatic rings. The molecule has 27 heavy (non-hydrogen) atoms. The number of aromatic nitrogens is 3. The zero-order chi connectivity index (χ0) is 19.4. The van der Waals surface area contributed by atoms with Crippen LogP contribution in [0.15, 0.2) is 30.3 Å². The number of rotatable bonds is 4. The van der Waals surface area contributed by atoms with Crippen LogP contribution >= 0.6 is 0 Å². The first-order valence-electron chi connectivity index (χ1n) is 8.65. The quantitative estimate of drug-likeness (QED) is 0.723. The Morgan fingerprint density at radius 1 is 1.00 bits per heavy atom. The number of benzene rings is 1. The molecule has 0 aliphatic carbocycles. The molecule has 142 valence electrons. The average molecular weight is 371 g/mol. The topological polar surface area (TPSA) is 97.6 Å². The number of aryl methyl sites for hydroxylation is 1. The van der Waals surface area contributed by atoms with Gasteiger partial charge in [0.2, 0.25) is 5.91 Å². The van der Waals surface area contributed by atoms with Crippen LogP contribution < -0.4 is 0 Å². The van der Waals surface area contributed by atoms with E-state index in [0.717, 1.165) is 5.69 Å². The molecule has 0 spiro atoms. The number of amides is 2. The number of piperazine rings is 1. The summed E-state index contributed by atoms with van der Waals surface area (Å²) in [6.07, 6.45) is 0. The van der Waals surface area contributed by atoms with E-state index in [0.29, 0.717) is 31.9 Å². The minimum atomic E-state index is -0.689. The van der Waals surface area contributed by atoms with Crippen molar-refractivity contribution in [3.63, 3.8) is 0 Å². The van der Waals surface area contributed by atoms with Crippen LogP contribution in [0.4, 0.5) is 0 Å². The molecule has 0 bridgehead atoms. The minimum Gasteiger partial charge on any atom is -0.451 e.